The summed E-state index contributed by atoms with van der Waals surface area (Å²) in [7, 11) is 2.16. The number of amides is 2. The lowest BCUT2D eigenvalue weighted by Gasteiger charge is -2.31. The van der Waals surface area contributed by atoms with E-state index in [2.05, 4.69) is 17.3 Å². The molecule has 2 aliphatic heterocycles. The van der Waals surface area contributed by atoms with Crippen molar-refractivity contribution in [1.29, 1.82) is 0 Å². The van der Waals surface area contributed by atoms with Crippen molar-refractivity contribution in [3.8, 4) is 0 Å². The zero-order valence-corrected chi connectivity index (χ0v) is 12.7. The number of piperidine rings is 1. The first-order chi connectivity index (χ1) is 9.60. The highest BCUT2D eigenvalue weighted by atomic mass is 16.2. The lowest BCUT2D eigenvalue weighted by molar-refractivity contribution is -0.133. The Kier molecular flexibility index (Phi) is 5.40. The number of nitrogens with one attached hydrogen (secondary N) is 1. The Morgan fingerprint density at radius 2 is 1.90 bits per heavy atom. The van der Waals surface area contributed by atoms with Gasteiger partial charge in [0.15, 0.2) is 0 Å². The van der Waals surface area contributed by atoms with Crippen molar-refractivity contribution in [2.24, 2.45) is 5.92 Å². The molecule has 0 spiro atoms. The van der Waals surface area contributed by atoms with Crippen LogP contribution in [0.5, 0.6) is 0 Å². The molecule has 1 N–H and O–H groups in total. The van der Waals surface area contributed by atoms with Crippen LogP contribution in [0.1, 0.15) is 39.0 Å². The highest BCUT2D eigenvalue weighted by molar-refractivity contribution is 5.89. The molecule has 0 radical (unpaired) electrons. The van der Waals surface area contributed by atoms with E-state index < -0.39 is 0 Å². The van der Waals surface area contributed by atoms with Crippen LogP contribution in [0.4, 0.5) is 0 Å². The molecule has 0 aromatic carbocycles. The molecule has 0 aliphatic carbocycles. The second-order valence-electron chi connectivity index (χ2n) is 6.14. The van der Waals surface area contributed by atoms with Gasteiger partial charge in [-0.25, -0.2) is 0 Å². The van der Waals surface area contributed by atoms with Crippen molar-refractivity contribution < 1.29 is 9.59 Å². The summed E-state index contributed by atoms with van der Waals surface area (Å²) in [5.74, 6) is 0.837. The van der Waals surface area contributed by atoms with Crippen molar-refractivity contribution in [2.45, 2.75) is 45.1 Å². The Labute approximate surface area is 121 Å². The van der Waals surface area contributed by atoms with Gasteiger partial charge in [-0.15, -0.1) is 0 Å². The minimum atomic E-state index is -0.317. The SMILES string of the molecule is CCC1NC(=O)CCN(CCC2CCN(C)CC2)C1=O. The number of rotatable bonds is 4. The van der Waals surface area contributed by atoms with Crippen LogP contribution in [-0.2, 0) is 9.59 Å². The fourth-order valence-corrected chi connectivity index (χ4v) is 3.08. The van der Waals surface area contributed by atoms with E-state index in [1.54, 1.807) is 0 Å². The standard InChI is InChI=1S/C15H27N3O2/c1-3-13-15(20)18(11-7-14(19)16-13)10-6-12-4-8-17(2)9-5-12/h12-13H,3-11H2,1-2H3,(H,16,19). The van der Waals surface area contributed by atoms with Gasteiger partial charge < -0.3 is 15.1 Å². The van der Waals surface area contributed by atoms with Gasteiger partial charge in [0.05, 0.1) is 0 Å². The first-order valence-electron chi connectivity index (χ1n) is 7.86. The van der Waals surface area contributed by atoms with Crippen LogP contribution >= 0.6 is 0 Å². The molecule has 1 atom stereocenters. The summed E-state index contributed by atoms with van der Waals surface area (Å²) >= 11 is 0. The van der Waals surface area contributed by atoms with Gasteiger partial charge in [0.2, 0.25) is 11.8 Å². The van der Waals surface area contributed by atoms with Crippen LogP contribution in [-0.4, -0.2) is 60.9 Å². The van der Waals surface area contributed by atoms with Crippen molar-refractivity contribution in [3.05, 3.63) is 0 Å². The van der Waals surface area contributed by atoms with Crippen LogP contribution < -0.4 is 5.32 Å². The maximum atomic E-state index is 12.3. The van der Waals surface area contributed by atoms with Crippen LogP contribution in [0.25, 0.3) is 0 Å². The van der Waals surface area contributed by atoms with Crippen molar-refractivity contribution >= 4 is 11.8 Å². The molecule has 1 unspecified atom stereocenters. The number of carbonyl (C=O) groups is 2. The molecule has 2 aliphatic rings. The second-order valence-corrected chi connectivity index (χ2v) is 6.14. The summed E-state index contributed by atoms with van der Waals surface area (Å²) < 4.78 is 0. The Hall–Kier alpha value is -1.10. The predicted molar refractivity (Wildman–Crippen MR) is 78.3 cm³/mol. The predicted octanol–water partition coefficient (Wildman–Crippen LogP) is 0.845. The van der Waals surface area contributed by atoms with Crippen LogP contribution in [0.2, 0.25) is 0 Å². The smallest absolute Gasteiger partial charge is 0.245 e. The molecule has 0 aromatic heterocycles. The number of hydrogen-bond donors (Lipinski definition) is 1. The molecule has 5 nitrogen and oxygen atoms in total. The van der Waals surface area contributed by atoms with Gasteiger partial charge in [-0.2, -0.15) is 0 Å². The van der Waals surface area contributed by atoms with E-state index in [-0.39, 0.29) is 17.9 Å². The lowest BCUT2D eigenvalue weighted by Crippen LogP contribution is -2.45. The number of carbonyl (C=O) groups excluding carboxylic acids is 2. The highest BCUT2D eigenvalue weighted by Crippen LogP contribution is 2.20. The van der Waals surface area contributed by atoms with Crippen molar-refractivity contribution in [3.63, 3.8) is 0 Å². The second kappa shape index (κ2) is 7.07. The van der Waals surface area contributed by atoms with Gasteiger partial charge in [-0.05, 0) is 51.7 Å². The average Bonchev–Trinajstić information content (AvgIpc) is 2.58. The molecule has 2 rings (SSSR count). The quantitative estimate of drug-likeness (QED) is 0.831. The highest BCUT2D eigenvalue weighted by Gasteiger charge is 2.28. The van der Waals surface area contributed by atoms with E-state index >= 15 is 0 Å². The van der Waals surface area contributed by atoms with E-state index in [0.717, 1.165) is 32.0 Å². The largest absolute Gasteiger partial charge is 0.344 e. The van der Waals surface area contributed by atoms with Gasteiger partial charge in [-0.1, -0.05) is 6.92 Å². The van der Waals surface area contributed by atoms with E-state index in [4.69, 9.17) is 0 Å². The number of likely N-dealkylation sites (tertiary alicyclic amines) is 1. The molecule has 5 heteroatoms. The van der Waals surface area contributed by atoms with Crippen molar-refractivity contribution in [1.82, 2.24) is 15.1 Å². The third kappa shape index (κ3) is 3.95. The zero-order chi connectivity index (χ0) is 14.5. The van der Waals surface area contributed by atoms with Gasteiger partial charge in [0.1, 0.15) is 6.04 Å². The Morgan fingerprint density at radius 1 is 1.20 bits per heavy atom. The molecular weight excluding hydrogens is 254 g/mol. The summed E-state index contributed by atoms with van der Waals surface area (Å²) in [6.45, 7) is 5.66. The third-order valence-corrected chi connectivity index (χ3v) is 4.61. The Morgan fingerprint density at radius 3 is 2.55 bits per heavy atom. The molecule has 2 heterocycles. The molecule has 2 saturated heterocycles. The van der Waals surface area contributed by atoms with Crippen LogP contribution in [0.3, 0.4) is 0 Å². The molecule has 114 valence electrons. The summed E-state index contributed by atoms with van der Waals surface area (Å²) in [5, 5.41) is 2.82. The van der Waals surface area contributed by atoms with Crippen LogP contribution in [0, 0.1) is 5.92 Å². The summed E-state index contributed by atoms with van der Waals surface area (Å²) in [6.07, 6.45) is 4.65. The maximum Gasteiger partial charge on any atom is 0.245 e. The Balaban J connectivity index is 1.84. The summed E-state index contributed by atoms with van der Waals surface area (Å²) in [4.78, 5) is 28.2. The minimum absolute atomic E-state index is 0.00647. The van der Waals surface area contributed by atoms with E-state index in [1.165, 1.54) is 12.8 Å². The van der Waals surface area contributed by atoms with E-state index in [0.29, 0.717) is 19.4 Å². The molecule has 0 saturated carbocycles. The lowest BCUT2D eigenvalue weighted by atomic mass is 9.93. The first kappa shape index (κ1) is 15.3. The molecular formula is C15H27N3O2. The maximum absolute atomic E-state index is 12.3. The van der Waals surface area contributed by atoms with E-state index in [9.17, 15) is 9.59 Å². The zero-order valence-electron chi connectivity index (χ0n) is 12.7. The summed E-state index contributed by atoms with van der Waals surface area (Å²) in [6, 6.07) is -0.317. The van der Waals surface area contributed by atoms with Gasteiger partial charge in [-0.3, -0.25) is 9.59 Å². The Bertz CT molecular complexity index is 351. The topological polar surface area (TPSA) is 52.7 Å². The number of hydrogen-bond acceptors (Lipinski definition) is 3. The van der Waals surface area contributed by atoms with Gasteiger partial charge in [0.25, 0.3) is 0 Å². The van der Waals surface area contributed by atoms with Gasteiger partial charge in [0, 0.05) is 19.5 Å². The third-order valence-electron chi connectivity index (χ3n) is 4.61. The molecule has 2 amide bonds. The normalized spacial score (nSPS) is 26.5. The van der Waals surface area contributed by atoms with Gasteiger partial charge >= 0.3 is 0 Å². The molecule has 2 fully saturated rings. The number of nitrogens with zero attached hydrogens (tertiary/aromatic N) is 2. The molecule has 0 bridgehead atoms. The summed E-state index contributed by atoms with van der Waals surface area (Å²) in [5.41, 5.74) is 0. The molecule has 20 heavy (non-hydrogen) atoms. The van der Waals surface area contributed by atoms with Crippen LogP contribution in [0.15, 0.2) is 0 Å². The molecule has 0 aromatic rings. The fourth-order valence-electron chi connectivity index (χ4n) is 3.08. The van der Waals surface area contributed by atoms with Crippen molar-refractivity contribution in [2.75, 3.05) is 33.2 Å². The minimum Gasteiger partial charge on any atom is -0.344 e. The monoisotopic (exact) mass is 281 g/mol. The average molecular weight is 281 g/mol. The first-order valence-corrected chi connectivity index (χ1v) is 7.86. The van der Waals surface area contributed by atoms with E-state index in [1.807, 2.05) is 11.8 Å². The fraction of sp³-hybridized carbons (Fsp3) is 0.867.